The molecule has 136 valence electrons. The Morgan fingerprint density at radius 3 is 2.89 bits per heavy atom. The molecule has 4 aromatic rings. The number of thiazole rings is 1. The number of anilines is 1. The minimum absolute atomic E-state index is 0.0567. The fourth-order valence-corrected chi connectivity index (χ4v) is 3.96. The number of para-hydroxylation sites is 1. The minimum Gasteiger partial charge on any atom is -0.332 e. The Morgan fingerprint density at radius 1 is 1.22 bits per heavy atom. The van der Waals surface area contributed by atoms with E-state index in [0.717, 1.165) is 45.1 Å². The average molecular weight is 376 g/mol. The highest BCUT2D eigenvalue weighted by Gasteiger charge is 2.15. The molecule has 0 atom stereocenters. The number of nitrogens with zero attached hydrogens (tertiary/aromatic N) is 3. The van der Waals surface area contributed by atoms with E-state index >= 15 is 0 Å². The fraction of sp³-hybridized carbons (Fsp3) is 0.190. The lowest BCUT2D eigenvalue weighted by molar-refractivity contribution is -0.115. The van der Waals surface area contributed by atoms with Gasteiger partial charge in [-0.1, -0.05) is 18.2 Å². The highest BCUT2D eigenvalue weighted by molar-refractivity contribution is 7.13. The van der Waals surface area contributed by atoms with Crippen LogP contribution < -0.4 is 5.32 Å². The number of carbonyl (C=O) groups excluding carboxylic acids is 1. The van der Waals surface area contributed by atoms with Crippen LogP contribution in [0.3, 0.4) is 0 Å². The molecule has 1 amide bonds. The van der Waals surface area contributed by atoms with E-state index in [9.17, 15) is 4.79 Å². The summed E-state index contributed by atoms with van der Waals surface area (Å²) in [7, 11) is 0. The topological polar surface area (TPSA) is 59.8 Å². The summed E-state index contributed by atoms with van der Waals surface area (Å²) >= 11 is 1.56. The van der Waals surface area contributed by atoms with Crippen LogP contribution in [0.4, 0.5) is 5.69 Å². The average Bonchev–Trinajstić information content (AvgIpc) is 3.27. The summed E-state index contributed by atoms with van der Waals surface area (Å²) in [5.41, 5.74) is 4.70. The molecule has 27 heavy (non-hydrogen) atoms. The van der Waals surface area contributed by atoms with Crippen LogP contribution in [-0.4, -0.2) is 20.4 Å². The summed E-state index contributed by atoms with van der Waals surface area (Å²) in [5.74, 6) is -0.0567. The molecule has 1 N–H and O–H groups in total. The minimum atomic E-state index is -0.0567. The number of hydrogen-bond acceptors (Lipinski definition) is 4. The van der Waals surface area contributed by atoms with Crippen LogP contribution >= 0.6 is 11.3 Å². The molecule has 4 rings (SSSR count). The van der Waals surface area contributed by atoms with Gasteiger partial charge in [0.15, 0.2) is 0 Å². The first-order valence-corrected chi connectivity index (χ1v) is 9.77. The number of rotatable bonds is 5. The second kappa shape index (κ2) is 7.32. The van der Waals surface area contributed by atoms with Crippen LogP contribution in [0.15, 0.2) is 54.2 Å². The van der Waals surface area contributed by atoms with Gasteiger partial charge in [-0.05, 0) is 37.6 Å². The summed E-state index contributed by atoms with van der Waals surface area (Å²) < 4.78 is 2.12. The molecule has 5 nitrogen and oxygen atoms in total. The van der Waals surface area contributed by atoms with Crippen molar-refractivity contribution in [2.45, 2.75) is 26.8 Å². The Morgan fingerprint density at radius 2 is 2.07 bits per heavy atom. The SMILES string of the molecule is CCn1cc(-c2nc(CC(=O)Nc3ccccc3C)cs2)c2cccnc21. The summed E-state index contributed by atoms with van der Waals surface area (Å²) in [6, 6.07) is 11.8. The van der Waals surface area contributed by atoms with Crippen LogP contribution in [-0.2, 0) is 17.8 Å². The lowest BCUT2D eigenvalue weighted by Gasteiger charge is -2.06. The fourth-order valence-electron chi connectivity index (χ4n) is 3.12. The van der Waals surface area contributed by atoms with Gasteiger partial charge in [0.1, 0.15) is 10.7 Å². The van der Waals surface area contributed by atoms with Crippen LogP contribution in [0.25, 0.3) is 21.6 Å². The largest absolute Gasteiger partial charge is 0.332 e. The van der Waals surface area contributed by atoms with E-state index in [1.165, 1.54) is 0 Å². The smallest absolute Gasteiger partial charge is 0.230 e. The Balaban J connectivity index is 1.56. The highest BCUT2D eigenvalue weighted by Crippen LogP contribution is 2.32. The van der Waals surface area contributed by atoms with Crippen LogP contribution in [0.1, 0.15) is 18.2 Å². The zero-order valence-corrected chi connectivity index (χ0v) is 16.1. The zero-order chi connectivity index (χ0) is 18.8. The number of benzene rings is 1. The van der Waals surface area contributed by atoms with Gasteiger partial charge in [-0.2, -0.15) is 0 Å². The van der Waals surface area contributed by atoms with Crippen molar-refractivity contribution in [2.24, 2.45) is 0 Å². The van der Waals surface area contributed by atoms with Crippen molar-refractivity contribution < 1.29 is 4.79 Å². The number of amides is 1. The molecule has 0 unspecified atom stereocenters. The second-order valence-electron chi connectivity index (χ2n) is 6.39. The predicted octanol–water partition coefficient (Wildman–Crippen LogP) is 4.67. The lowest BCUT2D eigenvalue weighted by Crippen LogP contribution is -2.15. The first-order chi connectivity index (χ1) is 13.2. The van der Waals surface area contributed by atoms with E-state index in [0.29, 0.717) is 0 Å². The van der Waals surface area contributed by atoms with E-state index in [1.807, 2.05) is 48.8 Å². The monoisotopic (exact) mass is 376 g/mol. The van der Waals surface area contributed by atoms with E-state index in [1.54, 1.807) is 11.3 Å². The van der Waals surface area contributed by atoms with Crippen molar-refractivity contribution in [3.8, 4) is 10.6 Å². The van der Waals surface area contributed by atoms with E-state index in [4.69, 9.17) is 4.98 Å². The summed E-state index contributed by atoms with van der Waals surface area (Å²) in [5, 5.41) is 6.92. The van der Waals surface area contributed by atoms with E-state index < -0.39 is 0 Å². The van der Waals surface area contributed by atoms with Crippen molar-refractivity contribution >= 4 is 34.0 Å². The summed E-state index contributed by atoms with van der Waals surface area (Å²) in [4.78, 5) is 21.6. The summed E-state index contributed by atoms with van der Waals surface area (Å²) in [6.45, 7) is 4.93. The maximum Gasteiger partial charge on any atom is 0.230 e. The molecule has 6 heteroatoms. The Hall–Kier alpha value is -2.99. The van der Waals surface area contributed by atoms with Crippen LogP contribution in [0.5, 0.6) is 0 Å². The molecule has 3 aromatic heterocycles. The summed E-state index contributed by atoms with van der Waals surface area (Å²) in [6.07, 6.45) is 4.16. The number of fused-ring (bicyclic) bond motifs is 1. The van der Waals surface area contributed by atoms with Crippen LogP contribution in [0, 0.1) is 6.92 Å². The van der Waals surface area contributed by atoms with Gasteiger partial charge >= 0.3 is 0 Å². The first kappa shape index (κ1) is 17.4. The quantitative estimate of drug-likeness (QED) is 0.551. The number of aromatic nitrogens is 3. The van der Waals surface area contributed by atoms with Gasteiger partial charge in [-0.3, -0.25) is 4.79 Å². The van der Waals surface area contributed by atoms with E-state index in [-0.39, 0.29) is 12.3 Å². The van der Waals surface area contributed by atoms with Crippen molar-refractivity contribution in [1.29, 1.82) is 0 Å². The Bertz CT molecular complexity index is 1110. The molecular weight excluding hydrogens is 356 g/mol. The maximum absolute atomic E-state index is 12.4. The molecule has 1 aromatic carbocycles. The normalized spacial score (nSPS) is 11.0. The predicted molar refractivity (Wildman–Crippen MR) is 110 cm³/mol. The van der Waals surface area contributed by atoms with Gasteiger partial charge < -0.3 is 9.88 Å². The molecule has 0 fully saturated rings. The molecule has 0 aliphatic carbocycles. The number of hydrogen-bond donors (Lipinski definition) is 1. The molecule has 0 spiro atoms. The molecule has 0 radical (unpaired) electrons. The van der Waals surface area contributed by atoms with Crippen molar-refractivity contribution in [3.63, 3.8) is 0 Å². The third kappa shape index (κ3) is 3.48. The standard InChI is InChI=1S/C21H20N4OS/c1-3-25-12-17(16-8-6-10-22-20(16)25)21-23-15(13-27-21)11-19(26)24-18-9-5-4-7-14(18)2/h4-10,12-13H,3,11H2,1-2H3,(H,24,26). The number of aryl methyl sites for hydroxylation is 2. The van der Waals surface area contributed by atoms with E-state index in [2.05, 4.69) is 34.1 Å². The van der Waals surface area contributed by atoms with Gasteiger partial charge in [0.2, 0.25) is 5.91 Å². The maximum atomic E-state index is 12.4. The van der Waals surface area contributed by atoms with Crippen LogP contribution in [0.2, 0.25) is 0 Å². The number of carbonyl (C=O) groups is 1. The Kier molecular flexibility index (Phi) is 4.73. The molecule has 0 saturated heterocycles. The molecule has 0 aliphatic rings. The van der Waals surface area contributed by atoms with Gasteiger partial charge in [0.05, 0.1) is 12.1 Å². The molecule has 0 saturated carbocycles. The van der Waals surface area contributed by atoms with Crippen molar-refractivity contribution in [2.75, 3.05) is 5.32 Å². The first-order valence-electron chi connectivity index (χ1n) is 8.90. The van der Waals surface area contributed by atoms with Gasteiger partial charge in [0.25, 0.3) is 0 Å². The molecule has 0 bridgehead atoms. The third-order valence-corrected chi connectivity index (χ3v) is 5.44. The third-order valence-electron chi connectivity index (χ3n) is 4.52. The molecule has 3 heterocycles. The second-order valence-corrected chi connectivity index (χ2v) is 7.25. The molecule has 0 aliphatic heterocycles. The number of nitrogens with one attached hydrogen (secondary N) is 1. The highest BCUT2D eigenvalue weighted by atomic mass is 32.1. The van der Waals surface area contributed by atoms with Gasteiger partial charge in [-0.25, -0.2) is 9.97 Å². The lowest BCUT2D eigenvalue weighted by atomic mass is 10.2. The van der Waals surface area contributed by atoms with Gasteiger partial charge in [-0.15, -0.1) is 11.3 Å². The Labute approximate surface area is 161 Å². The number of pyridine rings is 1. The van der Waals surface area contributed by atoms with Gasteiger partial charge in [0, 0.05) is 41.0 Å². The van der Waals surface area contributed by atoms with Crippen molar-refractivity contribution in [3.05, 3.63) is 65.4 Å². The van der Waals surface area contributed by atoms with Crippen molar-refractivity contribution in [1.82, 2.24) is 14.5 Å². The molecular formula is C21H20N4OS. The zero-order valence-electron chi connectivity index (χ0n) is 15.3.